The number of hydrogen-bond donors (Lipinski definition) is 0. The lowest BCUT2D eigenvalue weighted by Crippen LogP contribution is -2.31. The Hall–Kier alpha value is 0.567. The van der Waals surface area contributed by atoms with Crippen molar-refractivity contribution in [2.24, 2.45) is 0 Å². The van der Waals surface area contributed by atoms with Crippen molar-refractivity contribution >= 4 is 19.8 Å². The maximum atomic E-state index is 2.41. The summed E-state index contributed by atoms with van der Waals surface area (Å²) in [5.41, 5.74) is 0. The van der Waals surface area contributed by atoms with Crippen LogP contribution in [-0.4, -0.2) is 19.6 Å². The lowest BCUT2D eigenvalue weighted by atomic mass is 10.6. The molecule has 0 nitrogen and oxygen atoms in total. The van der Waals surface area contributed by atoms with Gasteiger partial charge < -0.3 is 0 Å². The number of thioether (sulfide) groups is 1. The lowest BCUT2D eigenvalue weighted by Gasteiger charge is -2.27. The Morgan fingerprint density at radius 1 is 0.846 bits per heavy atom. The van der Waals surface area contributed by atoms with Gasteiger partial charge in [-0.25, -0.2) is 0 Å². The third kappa shape index (κ3) is 5.11. The fourth-order valence-corrected chi connectivity index (χ4v) is 7.18. The molecular weight excluding hydrogens is 192 g/mol. The number of rotatable bonds is 8. The highest BCUT2D eigenvalue weighted by Crippen LogP contribution is 2.26. The summed E-state index contributed by atoms with van der Waals surface area (Å²) < 4.78 is 0. The van der Waals surface area contributed by atoms with Gasteiger partial charge in [0, 0.05) is 0 Å². The van der Waals surface area contributed by atoms with Gasteiger partial charge in [0.25, 0.3) is 0 Å². The van der Waals surface area contributed by atoms with Crippen molar-refractivity contribution in [3.63, 3.8) is 0 Å². The topological polar surface area (TPSA) is 0 Å². The summed E-state index contributed by atoms with van der Waals surface area (Å²) >= 11 is 2.16. The summed E-state index contributed by atoms with van der Waals surface area (Å²) in [6.07, 6.45) is 1.34. The molecule has 0 aliphatic carbocycles. The van der Waals surface area contributed by atoms with Crippen LogP contribution >= 0.6 is 11.8 Å². The molecule has 0 saturated carbocycles. The van der Waals surface area contributed by atoms with E-state index >= 15 is 0 Å². The fourth-order valence-electron chi connectivity index (χ4n) is 1.82. The van der Waals surface area contributed by atoms with Crippen molar-refractivity contribution in [1.82, 2.24) is 0 Å². The molecule has 0 unspecified atom stereocenters. The first-order valence-corrected chi connectivity index (χ1v) is 9.80. The van der Waals surface area contributed by atoms with Crippen molar-refractivity contribution in [1.29, 1.82) is 0 Å². The average Bonchev–Trinajstić information content (AvgIpc) is 2.20. The summed E-state index contributed by atoms with van der Waals surface area (Å²) in [5.74, 6) is 2.79. The van der Waals surface area contributed by atoms with E-state index in [1.54, 1.807) is 6.04 Å². The second-order valence-electron chi connectivity index (χ2n) is 3.92. The fraction of sp³-hybridized carbons (Fsp3) is 1.00. The minimum Gasteiger partial charge on any atom is -0.162 e. The van der Waals surface area contributed by atoms with E-state index in [0.717, 1.165) is 0 Å². The molecule has 0 spiro atoms. The molecule has 0 N–H and O–H groups in total. The SMILES string of the molecule is CCCSCC[Si](CC)(CC)CC. The van der Waals surface area contributed by atoms with E-state index in [-0.39, 0.29) is 0 Å². The van der Waals surface area contributed by atoms with Gasteiger partial charge >= 0.3 is 0 Å². The van der Waals surface area contributed by atoms with Crippen LogP contribution in [0.5, 0.6) is 0 Å². The van der Waals surface area contributed by atoms with E-state index in [1.807, 2.05) is 0 Å². The van der Waals surface area contributed by atoms with Crippen molar-refractivity contribution < 1.29 is 0 Å². The molecule has 0 saturated heterocycles. The largest absolute Gasteiger partial charge is 0.162 e. The van der Waals surface area contributed by atoms with Crippen LogP contribution < -0.4 is 0 Å². The van der Waals surface area contributed by atoms with Gasteiger partial charge in [-0.1, -0.05) is 45.8 Å². The predicted octanol–water partition coefficient (Wildman–Crippen LogP) is 4.64. The van der Waals surface area contributed by atoms with Crippen molar-refractivity contribution in [3.8, 4) is 0 Å². The molecule has 0 aliphatic heterocycles. The zero-order valence-electron chi connectivity index (χ0n) is 9.86. The van der Waals surface area contributed by atoms with Gasteiger partial charge in [-0.2, -0.15) is 11.8 Å². The minimum absolute atomic E-state index is 0.788. The molecule has 0 aliphatic rings. The van der Waals surface area contributed by atoms with Crippen molar-refractivity contribution in [2.45, 2.75) is 58.3 Å². The van der Waals surface area contributed by atoms with E-state index in [1.165, 1.54) is 36.1 Å². The van der Waals surface area contributed by atoms with Gasteiger partial charge in [-0.3, -0.25) is 0 Å². The first-order chi connectivity index (χ1) is 6.24. The molecule has 0 amide bonds. The van der Waals surface area contributed by atoms with E-state index in [4.69, 9.17) is 0 Å². The van der Waals surface area contributed by atoms with Crippen LogP contribution in [0.1, 0.15) is 34.1 Å². The van der Waals surface area contributed by atoms with Crippen LogP contribution in [0.15, 0.2) is 0 Å². The van der Waals surface area contributed by atoms with Crippen LogP contribution in [0, 0.1) is 0 Å². The van der Waals surface area contributed by atoms with E-state index in [2.05, 4.69) is 39.5 Å². The predicted molar refractivity (Wildman–Crippen MR) is 69.6 cm³/mol. The zero-order chi connectivity index (χ0) is 10.2. The molecule has 2 heteroatoms. The molecule has 0 bridgehead atoms. The molecule has 80 valence electrons. The normalized spacial score (nSPS) is 12.0. The monoisotopic (exact) mass is 218 g/mol. The highest BCUT2D eigenvalue weighted by atomic mass is 32.2. The zero-order valence-corrected chi connectivity index (χ0v) is 11.7. The molecule has 0 aromatic rings. The Labute approximate surface area is 89.9 Å². The highest BCUT2D eigenvalue weighted by molar-refractivity contribution is 7.99. The third-order valence-electron chi connectivity index (χ3n) is 3.38. The summed E-state index contributed by atoms with van der Waals surface area (Å²) in [7, 11) is -0.788. The summed E-state index contributed by atoms with van der Waals surface area (Å²) in [4.78, 5) is 0. The van der Waals surface area contributed by atoms with Crippen molar-refractivity contribution in [3.05, 3.63) is 0 Å². The molecule has 0 fully saturated rings. The Morgan fingerprint density at radius 3 is 1.77 bits per heavy atom. The van der Waals surface area contributed by atoms with Gasteiger partial charge in [-0.05, 0) is 24.0 Å². The third-order valence-corrected chi connectivity index (χ3v) is 10.7. The Balaban J connectivity index is 3.68. The van der Waals surface area contributed by atoms with E-state index in [0.29, 0.717) is 0 Å². The molecule has 0 atom stereocenters. The van der Waals surface area contributed by atoms with E-state index < -0.39 is 8.07 Å². The quantitative estimate of drug-likeness (QED) is 0.422. The molecule has 0 aromatic heterocycles. The molecule has 0 aromatic carbocycles. The van der Waals surface area contributed by atoms with Gasteiger partial charge in [0.2, 0.25) is 0 Å². The lowest BCUT2D eigenvalue weighted by molar-refractivity contribution is 1.09. The molecule has 13 heavy (non-hydrogen) atoms. The van der Waals surface area contributed by atoms with Crippen LogP contribution in [0.25, 0.3) is 0 Å². The van der Waals surface area contributed by atoms with Crippen LogP contribution in [-0.2, 0) is 0 Å². The minimum atomic E-state index is -0.788. The number of hydrogen-bond acceptors (Lipinski definition) is 1. The van der Waals surface area contributed by atoms with Gasteiger partial charge in [-0.15, -0.1) is 0 Å². The Kier molecular flexibility index (Phi) is 8.27. The standard InChI is InChI=1S/C11H26SSi/c1-5-9-12-10-11-13(6-2,7-3)8-4/h5-11H2,1-4H3. The molecular formula is C11H26SSi. The maximum Gasteiger partial charge on any atom is 0.0535 e. The van der Waals surface area contributed by atoms with Crippen LogP contribution in [0.3, 0.4) is 0 Å². The Bertz CT molecular complexity index is 102. The summed E-state index contributed by atoms with van der Waals surface area (Å²) in [5, 5.41) is 0. The average molecular weight is 218 g/mol. The first kappa shape index (κ1) is 13.6. The smallest absolute Gasteiger partial charge is 0.0535 e. The van der Waals surface area contributed by atoms with Crippen molar-refractivity contribution in [2.75, 3.05) is 11.5 Å². The van der Waals surface area contributed by atoms with Crippen LogP contribution in [0.2, 0.25) is 24.2 Å². The first-order valence-electron chi connectivity index (χ1n) is 5.82. The second-order valence-corrected chi connectivity index (χ2v) is 10.8. The van der Waals surface area contributed by atoms with Gasteiger partial charge in [0.1, 0.15) is 0 Å². The highest BCUT2D eigenvalue weighted by Gasteiger charge is 2.25. The summed E-state index contributed by atoms with van der Waals surface area (Å²) in [6.45, 7) is 9.49. The molecule has 0 rings (SSSR count). The molecule has 0 radical (unpaired) electrons. The summed E-state index contributed by atoms with van der Waals surface area (Å²) in [6, 6.07) is 6.03. The second kappa shape index (κ2) is 7.92. The van der Waals surface area contributed by atoms with E-state index in [9.17, 15) is 0 Å². The van der Waals surface area contributed by atoms with Gasteiger partial charge in [0.05, 0.1) is 8.07 Å². The van der Waals surface area contributed by atoms with Crippen LogP contribution in [0.4, 0.5) is 0 Å². The maximum absolute atomic E-state index is 2.41. The Morgan fingerprint density at radius 2 is 1.38 bits per heavy atom. The van der Waals surface area contributed by atoms with Gasteiger partial charge in [0.15, 0.2) is 0 Å². The molecule has 0 heterocycles.